The predicted molar refractivity (Wildman–Crippen MR) is 60.7 cm³/mol. The molecule has 3 nitrogen and oxygen atoms in total. The first-order valence-electron chi connectivity index (χ1n) is 4.50. The Morgan fingerprint density at radius 1 is 1.33 bits per heavy atom. The van der Waals surface area contributed by atoms with E-state index in [0.29, 0.717) is 6.42 Å². The van der Waals surface area contributed by atoms with E-state index in [0.717, 1.165) is 10.0 Å². The quantitative estimate of drug-likeness (QED) is 0.771. The van der Waals surface area contributed by atoms with Crippen LogP contribution in [0.25, 0.3) is 0 Å². The van der Waals surface area contributed by atoms with Gasteiger partial charge >= 0.3 is 0 Å². The minimum Gasteiger partial charge on any atom is -0.349 e. The lowest BCUT2D eigenvalue weighted by atomic mass is 10.1. The first-order valence-corrected chi connectivity index (χ1v) is 5.30. The van der Waals surface area contributed by atoms with Crippen LogP contribution in [-0.2, 0) is 20.7 Å². The van der Waals surface area contributed by atoms with Crippen molar-refractivity contribution in [2.45, 2.75) is 12.7 Å². The minimum atomic E-state index is -0.780. The van der Waals surface area contributed by atoms with Gasteiger partial charge in [-0.05, 0) is 11.6 Å². The van der Waals surface area contributed by atoms with Crippen molar-refractivity contribution >= 4 is 21.7 Å². The highest BCUT2D eigenvalue weighted by Crippen LogP contribution is 2.17. The predicted octanol–water partition coefficient (Wildman–Crippen LogP) is 2.18. The summed E-state index contributed by atoms with van der Waals surface area (Å²) >= 11 is 3.38. The molecule has 1 aromatic carbocycles. The van der Waals surface area contributed by atoms with Gasteiger partial charge < -0.3 is 9.47 Å². The maximum absolute atomic E-state index is 11.7. The van der Waals surface area contributed by atoms with Crippen molar-refractivity contribution in [2.24, 2.45) is 0 Å². The summed E-state index contributed by atoms with van der Waals surface area (Å²) in [6.07, 6.45) is -0.481. The Hall–Kier alpha value is -0.710. The van der Waals surface area contributed by atoms with Crippen molar-refractivity contribution in [3.05, 3.63) is 34.3 Å². The number of Topliss-reactive ketones (excluding diaryl/α,β-unsaturated/α-hetero) is 1. The highest BCUT2D eigenvalue weighted by molar-refractivity contribution is 9.10. The standard InChI is InChI=1S/C11H13BrO3/c1-14-11(15-2)10(13)7-8-5-3-4-6-9(8)12/h3-6,11H,7H2,1-2H3. The van der Waals surface area contributed by atoms with E-state index in [1.165, 1.54) is 14.2 Å². The lowest BCUT2D eigenvalue weighted by Gasteiger charge is -2.12. The van der Waals surface area contributed by atoms with Gasteiger partial charge in [-0.3, -0.25) is 4.79 Å². The second-order valence-electron chi connectivity index (χ2n) is 3.04. The summed E-state index contributed by atoms with van der Waals surface area (Å²) in [5.41, 5.74) is 0.932. The number of carbonyl (C=O) groups excluding carboxylic acids is 1. The average Bonchev–Trinajstić information content (AvgIpc) is 2.23. The largest absolute Gasteiger partial charge is 0.349 e. The fourth-order valence-electron chi connectivity index (χ4n) is 1.27. The molecule has 1 aromatic rings. The summed E-state index contributed by atoms with van der Waals surface area (Å²) < 4.78 is 10.7. The fourth-order valence-corrected chi connectivity index (χ4v) is 1.70. The normalized spacial score (nSPS) is 10.7. The van der Waals surface area contributed by atoms with Crippen molar-refractivity contribution < 1.29 is 14.3 Å². The summed E-state index contributed by atoms with van der Waals surface area (Å²) in [4.78, 5) is 11.7. The lowest BCUT2D eigenvalue weighted by Crippen LogP contribution is -2.26. The van der Waals surface area contributed by atoms with E-state index in [2.05, 4.69) is 15.9 Å². The van der Waals surface area contributed by atoms with Crippen LogP contribution in [0.4, 0.5) is 0 Å². The molecule has 0 aliphatic rings. The molecule has 15 heavy (non-hydrogen) atoms. The summed E-state index contributed by atoms with van der Waals surface area (Å²) in [7, 11) is 2.90. The molecule has 0 radical (unpaired) electrons. The molecule has 0 saturated carbocycles. The fraction of sp³-hybridized carbons (Fsp3) is 0.364. The molecule has 0 N–H and O–H groups in total. The Balaban J connectivity index is 2.70. The molecule has 0 saturated heterocycles. The number of hydrogen-bond acceptors (Lipinski definition) is 3. The molecule has 0 aliphatic carbocycles. The number of methoxy groups -OCH3 is 2. The van der Waals surface area contributed by atoms with Gasteiger partial charge in [0, 0.05) is 25.1 Å². The molecule has 1 rings (SSSR count). The number of benzene rings is 1. The zero-order chi connectivity index (χ0) is 11.3. The SMILES string of the molecule is COC(OC)C(=O)Cc1ccccc1Br. The molecule has 0 aromatic heterocycles. The number of ether oxygens (including phenoxy) is 2. The van der Waals surface area contributed by atoms with Gasteiger partial charge in [0.25, 0.3) is 0 Å². The molecule has 82 valence electrons. The Morgan fingerprint density at radius 2 is 1.93 bits per heavy atom. The van der Waals surface area contributed by atoms with Crippen LogP contribution in [0.2, 0.25) is 0 Å². The molecule has 0 atom stereocenters. The summed E-state index contributed by atoms with van der Waals surface area (Å²) in [6, 6.07) is 7.59. The van der Waals surface area contributed by atoms with Crippen LogP contribution < -0.4 is 0 Å². The molecule has 0 aliphatic heterocycles. The number of rotatable bonds is 5. The molecule has 0 bridgehead atoms. The Morgan fingerprint density at radius 3 is 2.47 bits per heavy atom. The Labute approximate surface area is 97.5 Å². The second-order valence-corrected chi connectivity index (χ2v) is 3.89. The topological polar surface area (TPSA) is 35.5 Å². The van der Waals surface area contributed by atoms with Crippen LogP contribution in [-0.4, -0.2) is 26.3 Å². The lowest BCUT2D eigenvalue weighted by molar-refractivity contribution is -0.155. The van der Waals surface area contributed by atoms with E-state index in [1.807, 2.05) is 24.3 Å². The summed E-state index contributed by atoms with van der Waals surface area (Å²) in [5.74, 6) is -0.0908. The zero-order valence-electron chi connectivity index (χ0n) is 8.70. The molecule has 0 unspecified atom stereocenters. The molecule has 0 heterocycles. The van der Waals surface area contributed by atoms with Crippen molar-refractivity contribution in [3.8, 4) is 0 Å². The highest BCUT2D eigenvalue weighted by atomic mass is 79.9. The van der Waals surface area contributed by atoms with Crippen molar-refractivity contribution in [3.63, 3.8) is 0 Å². The van der Waals surface area contributed by atoms with E-state index in [4.69, 9.17) is 9.47 Å². The van der Waals surface area contributed by atoms with Crippen LogP contribution in [0.3, 0.4) is 0 Å². The van der Waals surface area contributed by atoms with Gasteiger partial charge in [0.2, 0.25) is 6.29 Å². The molecule has 0 spiro atoms. The van der Waals surface area contributed by atoms with Gasteiger partial charge in [-0.2, -0.15) is 0 Å². The maximum atomic E-state index is 11.7. The zero-order valence-corrected chi connectivity index (χ0v) is 10.3. The molecular formula is C11H13BrO3. The van der Waals surface area contributed by atoms with E-state index >= 15 is 0 Å². The smallest absolute Gasteiger partial charge is 0.217 e. The van der Waals surface area contributed by atoms with Crippen LogP contribution in [0, 0.1) is 0 Å². The van der Waals surface area contributed by atoms with Crippen molar-refractivity contribution in [1.82, 2.24) is 0 Å². The monoisotopic (exact) mass is 272 g/mol. The number of ketones is 1. The van der Waals surface area contributed by atoms with Crippen LogP contribution >= 0.6 is 15.9 Å². The van der Waals surface area contributed by atoms with Crippen LogP contribution in [0.1, 0.15) is 5.56 Å². The maximum Gasteiger partial charge on any atom is 0.217 e. The van der Waals surface area contributed by atoms with Gasteiger partial charge in [-0.15, -0.1) is 0 Å². The molecular weight excluding hydrogens is 260 g/mol. The number of carbonyl (C=O) groups is 1. The number of halogens is 1. The van der Waals surface area contributed by atoms with E-state index in [-0.39, 0.29) is 5.78 Å². The van der Waals surface area contributed by atoms with Gasteiger partial charge in [-0.25, -0.2) is 0 Å². The third kappa shape index (κ3) is 3.41. The minimum absolute atomic E-state index is 0.0908. The van der Waals surface area contributed by atoms with Gasteiger partial charge in [-0.1, -0.05) is 34.1 Å². The molecule has 4 heteroatoms. The summed E-state index contributed by atoms with van der Waals surface area (Å²) in [5, 5.41) is 0. The van der Waals surface area contributed by atoms with Gasteiger partial charge in [0.05, 0.1) is 0 Å². The highest BCUT2D eigenvalue weighted by Gasteiger charge is 2.17. The van der Waals surface area contributed by atoms with Crippen molar-refractivity contribution in [2.75, 3.05) is 14.2 Å². The second kappa shape index (κ2) is 6.00. The van der Waals surface area contributed by atoms with E-state index < -0.39 is 6.29 Å². The van der Waals surface area contributed by atoms with Gasteiger partial charge in [0.15, 0.2) is 5.78 Å². The van der Waals surface area contributed by atoms with E-state index in [1.54, 1.807) is 0 Å². The Bertz CT molecular complexity index is 334. The summed E-state index contributed by atoms with van der Waals surface area (Å²) in [6.45, 7) is 0. The third-order valence-electron chi connectivity index (χ3n) is 2.01. The molecule has 0 fully saturated rings. The number of hydrogen-bond donors (Lipinski definition) is 0. The van der Waals surface area contributed by atoms with E-state index in [9.17, 15) is 4.79 Å². The van der Waals surface area contributed by atoms with Crippen molar-refractivity contribution in [1.29, 1.82) is 0 Å². The first-order chi connectivity index (χ1) is 7.19. The van der Waals surface area contributed by atoms with Gasteiger partial charge in [0.1, 0.15) is 0 Å². The Kier molecular flexibility index (Phi) is 4.94. The average molecular weight is 273 g/mol. The van der Waals surface area contributed by atoms with Crippen LogP contribution in [0.5, 0.6) is 0 Å². The first kappa shape index (κ1) is 12.4. The van der Waals surface area contributed by atoms with Crippen LogP contribution in [0.15, 0.2) is 28.7 Å². The molecule has 0 amide bonds. The third-order valence-corrected chi connectivity index (χ3v) is 2.79.